The third-order valence-corrected chi connectivity index (χ3v) is 3.86. The number of nitrogens with one attached hydrogen (secondary N) is 2. The zero-order chi connectivity index (χ0) is 16.4. The maximum Gasteiger partial charge on any atom is 0.260 e. The van der Waals surface area contributed by atoms with Crippen molar-refractivity contribution in [2.75, 3.05) is 0 Å². The highest BCUT2D eigenvalue weighted by molar-refractivity contribution is 5.99. The number of imidazole rings is 1. The number of aromatic nitrogens is 3. The van der Waals surface area contributed by atoms with E-state index >= 15 is 0 Å². The van der Waals surface area contributed by atoms with Crippen LogP contribution in [-0.4, -0.2) is 26.7 Å². The summed E-state index contributed by atoms with van der Waals surface area (Å²) in [7, 11) is 0. The second kappa shape index (κ2) is 6.00. The molecule has 0 radical (unpaired) electrons. The molecule has 4 rings (SSSR count). The van der Waals surface area contributed by atoms with Gasteiger partial charge in [-0.25, -0.2) is 10.4 Å². The molecule has 2 aromatic carbocycles. The number of para-hydroxylation sites is 3. The average Bonchev–Trinajstić information content (AvgIpc) is 3.20. The average molecular weight is 317 g/mol. The first-order valence-electron chi connectivity index (χ1n) is 7.59. The molecule has 1 amide bonds. The van der Waals surface area contributed by atoms with Crippen LogP contribution in [0.1, 0.15) is 5.56 Å². The Bertz CT molecular complexity index is 1040. The van der Waals surface area contributed by atoms with E-state index in [4.69, 9.17) is 0 Å². The molecule has 0 aliphatic heterocycles. The summed E-state index contributed by atoms with van der Waals surface area (Å²) < 4.78 is 1.80. The minimum atomic E-state index is -0.200. The molecule has 0 bridgehead atoms. The van der Waals surface area contributed by atoms with Crippen LogP contribution < -0.4 is 5.43 Å². The van der Waals surface area contributed by atoms with Gasteiger partial charge >= 0.3 is 0 Å². The molecule has 0 fully saturated rings. The lowest BCUT2D eigenvalue weighted by atomic mass is 10.2. The van der Waals surface area contributed by atoms with E-state index in [9.17, 15) is 4.79 Å². The molecule has 2 aromatic heterocycles. The van der Waals surface area contributed by atoms with E-state index in [-0.39, 0.29) is 12.5 Å². The summed E-state index contributed by atoms with van der Waals surface area (Å²) in [5, 5.41) is 5.11. The lowest BCUT2D eigenvalue weighted by Gasteiger charge is -2.02. The zero-order valence-corrected chi connectivity index (χ0v) is 12.8. The lowest BCUT2D eigenvalue weighted by Crippen LogP contribution is -2.22. The van der Waals surface area contributed by atoms with Gasteiger partial charge in [-0.05, 0) is 18.2 Å². The number of H-pyrrole nitrogens is 1. The number of carbonyl (C=O) groups excluding carboxylic acids is 1. The highest BCUT2D eigenvalue weighted by Crippen LogP contribution is 2.15. The van der Waals surface area contributed by atoms with E-state index in [2.05, 4.69) is 20.5 Å². The van der Waals surface area contributed by atoms with Crippen molar-refractivity contribution in [1.82, 2.24) is 20.0 Å². The second-order valence-electron chi connectivity index (χ2n) is 5.44. The molecule has 24 heavy (non-hydrogen) atoms. The normalized spacial score (nSPS) is 11.5. The fourth-order valence-electron chi connectivity index (χ4n) is 2.70. The van der Waals surface area contributed by atoms with Crippen molar-refractivity contribution in [3.05, 3.63) is 66.6 Å². The Morgan fingerprint density at radius 2 is 2.04 bits per heavy atom. The van der Waals surface area contributed by atoms with E-state index in [1.54, 1.807) is 17.1 Å². The van der Waals surface area contributed by atoms with E-state index in [1.807, 2.05) is 54.7 Å². The fraction of sp³-hybridized carbons (Fsp3) is 0.0556. The van der Waals surface area contributed by atoms with Gasteiger partial charge in [-0.2, -0.15) is 5.10 Å². The maximum atomic E-state index is 12.1. The Morgan fingerprint density at radius 1 is 1.21 bits per heavy atom. The van der Waals surface area contributed by atoms with E-state index < -0.39 is 0 Å². The number of hydrogen-bond acceptors (Lipinski definition) is 3. The quantitative estimate of drug-likeness (QED) is 0.448. The number of hydrazone groups is 1. The number of fused-ring (bicyclic) bond motifs is 2. The van der Waals surface area contributed by atoms with Crippen molar-refractivity contribution in [1.29, 1.82) is 0 Å². The maximum absolute atomic E-state index is 12.1. The fourth-order valence-corrected chi connectivity index (χ4v) is 2.70. The van der Waals surface area contributed by atoms with Gasteiger partial charge in [0.05, 0.1) is 23.6 Å². The van der Waals surface area contributed by atoms with E-state index in [0.29, 0.717) is 0 Å². The Hall–Kier alpha value is -3.41. The molecule has 118 valence electrons. The Morgan fingerprint density at radius 3 is 3.00 bits per heavy atom. The van der Waals surface area contributed by atoms with Crippen LogP contribution in [0.3, 0.4) is 0 Å². The largest absolute Gasteiger partial charge is 0.361 e. The Balaban J connectivity index is 1.45. The number of rotatable bonds is 4. The van der Waals surface area contributed by atoms with Gasteiger partial charge < -0.3 is 9.55 Å². The van der Waals surface area contributed by atoms with Crippen molar-refractivity contribution in [2.24, 2.45) is 5.10 Å². The first kappa shape index (κ1) is 14.2. The predicted molar refractivity (Wildman–Crippen MR) is 93.8 cm³/mol. The number of nitrogens with zero attached hydrogens (tertiary/aromatic N) is 3. The summed E-state index contributed by atoms with van der Waals surface area (Å²) in [6, 6.07) is 15.6. The minimum Gasteiger partial charge on any atom is -0.361 e. The second-order valence-corrected chi connectivity index (χ2v) is 5.44. The van der Waals surface area contributed by atoms with Crippen molar-refractivity contribution >= 4 is 34.1 Å². The van der Waals surface area contributed by atoms with Crippen molar-refractivity contribution in [3.63, 3.8) is 0 Å². The van der Waals surface area contributed by atoms with Gasteiger partial charge in [0.15, 0.2) is 0 Å². The molecule has 2 heterocycles. The third kappa shape index (κ3) is 2.65. The number of amides is 1. The first-order valence-corrected chi connectivity index (χ1v) is 7.59. The summed E-state index contributed by atoms with van der Waals surface area (Å²) in [5.74, 6) is -0.200. The summed E-state index contributed by atoms with van der Waals surface area (Å²) >= 11 is 0. The molecule has 6 heteroatoms. The van der Waals surface area contributed by atoms with Crippen LogP contribution in [0.25, 0.3) is 21.9 Å². The van der Waals surface area contributed by atoms with Crippen molar-refractivity contribution < 1.29 is 4.79 Å². The monoisotopic (exact) mass is 317 g/mol. The van der Waals surface area contributed by atoms with Crippen LogP contribution in [0.4, 0.5) is 0 Å². The molecule has 0 saturated heterocycles. The standard InChI is InChI=1S/C18H15N5O/c24-18(11-23-12-20-16-7-3-4-8-17(16)23)22-21-10-13-9-19-15-6-2-1-5-14(13)15/h1-10,12,19H,11H2,(H,22,24). The molecule has 0 aliphatic carbocycles. The molecule has 2 N–H and O–H groups in total. The van der Waals surface area contributed by atoms with Crippen molar-refractivity contribution in [2.45, 2.75) is 6.54 Å². The van der Waals surface area contributed by atoms with Crippen LogP contribution in [0.5, 0.6) is 0 Å². The Kier molecular flexibility index (Phi) is 3.55. The van der Waals surface area contributed by atoms with Crippen molar-refractivity contribution in [3.8, 4) is 0 Å². The van der Waals surface area contributed by atoms with E-state index in [1.165, 1.54) is 0 Å². The van der Waals surface area contributed by atoms with Gasteiger partial charge in [0, 0.05) is 22.7 Å². The van der Waals surface area contributed by atoms with Crippen LogP contribution in [-0.2, 0) is 11.3 Å². The third-order valence-electron chi connectivity index (χ3n) is 3.86. The predicted octanol–water partition coefficient (Wildman–Crippen LogP) is 2.67. The SMILES string of the molecule is O=C(Cn1cnc2ccccc21)NN=Cc1c[nH]c2ccccc12. The van der Waals surface area contributed by atoms with Crippen LogP contribution >= 0.6 is 0 Å². The smallest absolute Gasteiger partial charge is 0.260 e. The molecule has 0 saturated carbocycles. The van der Waals surface area contributed by atoms with Crippen LogP contribution in [0.2, 0.25) is 0 Å². The number of carbonyl (C=O) groups is 1. The first-order chi connectivity index (χ1) is 11.8. The number of hydrogen-bond donors (Lipinski definition) is 2. The summed E-state index contributed by atoms with van der Waals surface area (Å²) in [6.45, 7) is 0.172. The van der Waals surface area contributed by atoms with Gasteiger partial charge in [-0.15, -0.1) is 0 Å². The summed E-state index contributed by atoms with van der Waals surface area (Å²) in [4.78, 5) is 19.5. The molecule has 0 spiro atoms. The number of aromatic amines is 1. The molecular weight excluding hydrogens is 302 g/mol. The molecule has 6 nitrogen and oxygen atoms in total. The van der Waals surface area contributed by atoms with Crippen LogP contribution in [0, 0.1) is 0 Å². The lowest BCUT2D eigenvalue weighted by molar-refractivity contribution is -0.121. The minimum absolute atomic E-state index is 0.172. The number of benzene rings is 2. The molecule has 0 atom stereocenters. The summed E-state index contributed by atoms with van der Waals surface area (Å²) in [5.41, 5.74) is 6.32. The molecule has 0 unspecified atom stereocenters. The highest BCUT2D eigenvalue weighted by Gasteiger charge is 2.06. The van der Waals surface area contributed by atoms with Gasteiger partial charge in [-0.1, -0.05) is 30.3 Å². The van der Waals surface area contributed by atoms with Crippen LogP contribution in [0.15, 0.2) is 66.2 Å². The molecular formula is C18H15N5O. The van der Waals surface area contributed by atoms with E-state index in [0.717, 1.165) is 27.5 Å². The van der Waals surface area contributed by atoms with Gasteiger partial charge in [0.2, 0.25) is 0 Å². The Labute approximate surface area is 137 Å². The van der Waals surface area contributed by atoms with Gasteiger partial charge in [0.25, 0.3) is 5.91 Å². The molecule has 4 aromatic rings. The van der Waals surface area contributed by atoms with Gasteiger partial charge in [0.1, 0.15) is 6.54 Å². The highest BCUT2D eigenvalue weighted by atomic mass is 16.2. The molecule has 0 aliphatic rings. The topological polar surface area (TPSA) is 75.1 Å². The summed E-state index contributed by atoms with van der Waals surface area (Å²) in [6.07, 6.45) is 5.17. The van der Waals surface area contributed by atoms with Gasteiger partial charge in [-0.3, -0.25) is 4.79 Å². The zero-order valence-electron chi connectivity index (χ0n) is 12.8.